The van der Waals surface area contributed by atoms with Gasteiger partial charge in [0.05, 0.1) is 17.3 Å². The molecular weight excluding hydrogens is 414 g/mol. The van der Waals surface area contributed by atoms with Gasteiger partial charge >= 0.3 is 0 Å². The second-order valence-corrected chi connectivity index (χ2v) is 8.32. The number of phenolic OH excluding ortho intramolecular Hbond substituents is 1. The lowest BCUT2D eigenvalue weighted by atomic mass is 10.1. The number of rotatable bonds is 10. The molecule has 0 aliphatic rings. The summed E-state index contributed by atoms with van der Waals surface area (Å²) in [7, 11) is 0. The van der Waals surface area contributed by atoms with Crippen molar-refractivity contribution in [1.29, 1.82) is 0 Å². The molecule has 0 aliphatic carbocycles. The number of hydrogen-bond acceptors (Lipinski definition) is 7. The third kappa shape index (κ3) is 4.64. The van der Waals surface area contributed by atoms with E-state index in [9.17, 15) is 19.5 Å². The number of carbonyl (C=O) groups is 1. The smallest absolute Gasteiger partial charge is 0.255 e. The first kappa shape index (κ1) is 22.6. The third-order valence-corrected chi connectivity index (χ3v) is 6.37. The molecule has 1 aromatic heterocycles. The van der Waals surface area contributed by atoms with Gasteiger partial charge in [0, 0.05) is 10.9 Å². The van der Waals surface area contributed by atoms with E-state index in [1.54, 1.807) is 23.5 Å². The first-order valence-corrected chi connectivity index (χ1v) is 11.3. The van der Waals surface area contributed by atoms with Gasteiger partial charge in [-0.25, -0.2) is 0 Å². The van der Waals surface area contributed by atoms with E-state index in [0.29, 0.717) is 0 Å². The van der Waals surface area contributed by atoms with Crippen LogP contribution < -0.4 is 26.8 Å². The molecule has 0 radical (unpaired) electrons. The first-order chi connectivity index (χ1) is 14.9. The summed E-state index contributed by atoms with van der Waals surface area (Å²) in [5, 5.41) is 21.5. The van der Waals surface area contributed by atoms with Crippen molar-refractivity contribution in [2.45, 2.75) is 52.1 Å². The highest BCUT2D eigenvalue weighted by molar-refractivity contribution is 7.10. The number of aromatic hydroxyl groups is 1. The van der Waals surface area contributed by atoms with Gasteiger partial charge in [-0.1, -0.05) is 32.9 Å². The van der Waals surface area contributed by atoms with Gasteiger partial charge in [-0.3, -0.25) is 14.4 Å². The van der Waals surface area contributed by atoms with E-state index in [0.717, 1.165) is 24.1 Å². The number of thiophene rings is 1. The predicted octanol–water partition coefficient (Wildman–Crippen LogP) is 4.27. The topological polar surface area (TPSA) is 108 Å². The summed E-state index contributed by atoms with van der Waals surface area (Å²) in [5.41, 5.74) is -0.675. The van der Waals surface area contributed by atoms with E-state index in [1.807, 2.05) is 38.3 Å². The van der Waals surface area contributed by atoms with Crippen molar-refractivity contribution in [1.82, 2.24) is 5.32 Å². The summed E-state index contributed by atoms with van der Waals surface area (Å²) in [6.07, 6.45) is 2.29. The molecule has 7 nitrogen and oxygen atoms in total. The average Bonchev–Trinajstić information content (AvgIpc) is 3.32. The van der Waals surface area contributed by atoms with Crippen LogP contribution >= 0.6 is 11.3 Å². The number of phenols is 1. The molecule has 1 atom stereocenters. The van der Waals surface area contributed by atoms with E-state index in [-0.39, 0.29) is 46.4 Å². The van der Waals surface area contributed by atoms with E-state index in [4.69, 9.17) is 0 Å². The van der Waals surface area contributed by atoms with E-state index >= 15 is 0 Å². The Labute approximate surface area is 184 Å². The summed E-state index contributed by atoms with van der Waals surface area (Å²) in [6, 6.07) is 8.50. The van der Waals surface area contributed by atoms with Crippen molar-refractivity contribution in [3.63, 3.8) is 0 Å². The minimum absolute atomic E-state index is 0.0103. The SMILES string of the molecule is CCC(CC)NC(=O)c1cccc(Nc2c(N[C@H](CC)c3cccs3)c(=O)c2=O)c1O. The molecule has 0 bridgehead atoms. The van der Waals surface area contributed by atoms with Crippen LogP contribution in [0.2, 0.25) is 0 Å². The van der Waals surface area contributed by atoms with Crippen LogP contribution in [0.3, 0.4) is 0 Å². The highest BCUT2D eigenvalue weighted by Crippen LogP contribution is 2.33. The Hall–Kier alpha value is -3.13. The monoisotopic (exact) mass is 441 g/mol. The fourth-order valence-electron chi connectivity index (χ4n) is 3.40. The minimum Gasteiger partial charge on any atom is -0.505 e. The molecule has 0 saturated carbocycles. The van der Waals surface area contributed by atoms with Crippen LogP contribution in [-0.2, 0) is 0 Å². The maximum Gasteiger partial charge on any atom is 0.255 e. The van der Waals surface area contributed by atoms with Gasteiger partial charge in [-0.2, -0.15) is 0 Å². The Morgan fingerprint density at radius 3 is 2.32 bits per heavy atom. The number of para-hydroxylation sites is 1. The molecule has 2 aromatic carbocycles. The lowest BCUT2D eigenvalue weighted by Crippen LogP contribution is -2.37. The number of nitrogens with one attached hydrogen (secondary N) is 3. The summed E-state index contributed by atoms with van der Waals surface area (Å²) >= 11 is 1.57. The summed E-state index contributed by atoms with van der Waals surface area (Å²) in [5.74, 6) is -0.655. The number of amides is 1. The molecule has 3 aromatic rings. The zero-order valence-corrected chi connectivity index (χ0v) is 18.6. The van der Waals surface area contributed by atoms with Crippen molar-refractivity contribution in [3.8, 4) is 5.75 Å². The van der Waals surface area contributed by atoms with Gasteiger partial charge in [0.15, 0.2) is 5.75 Å². The normalized spacial score (nSPS) is 12.1. The number of anilines is 3. The van der Waals surface area contributed by atoms with Crippen molar-refractivity contribution >= 4 is 34.3 Å². The van der Waals surface area contributed by atoms with Crippen molar-refractivity contribution < 1.29 is 9.90 Å². The van der Waals surface area contributed by atoms with Crippen molar-refractivity contribution in [3.05, 3.63) is 66.6 Å². The van der Waals surface area contributed by atoms with Crippen LogP contribution in [0.25, 0.3) is 0 Å². The molecular formula is C23H27N3O4S. The van der Waals surface area contributed by atoms with Gasteiger partial charge in [0.2, 0.25) is 0 Å². The fraction of sp³-hybridized carbons (Fsp3) is 0.348. The van der Waals surface area contributed by atoms with E-state index < -0.39 is 10.9 Å². The zero-order valence-electron chi connectivity index (χ0n) is 17.8. The van der Waals surface area contributed by atoms with Crippen LogP contribution in [0, 0.1) is 0 Å². The Morgan fingerprint density at radius 2 is 1.71 bits per heavy atom. The highest BCUT2D eigenvalue weighted by atomic mass is 32.1. The molecule has 0 spiro atoms. The molecule has 0 fully saturated rings. The van der Waals surface area contributed by atoms with Gasteiger partial charge in [0.1, 0.15) is 11.4 Å². The number of carbonyl (C=O) groups excluding carboxylic acids is 1. The van der Waals surface area contributed by atoms with E-state index in [2.05, 4.69) is 16.0 Å². The summed E-state index contributed by atoms with van der Waals surface area (Å²) in [6.45, 7) is 5.95. The maximum atomic E-state index is 12.6. The minimum atomic E-state index is -0.658. The largest absolute Gasteiger partial charge is 0.505 e. The van der Waals surface area contributed by atoms with Gasteiger partial charge < -0.3 is 21.1 Å². The quantitative estimate of drug-likeness (QED) is 0.276. The van der Waals surface area contributed by atoms with Crippen LogP contribution in [0.15, 0.2) is 45.3 Å². The summed E-state index contributed by atoms with van der Waals surface area (Å²) < 4.78 is 0. The molecule has 8 heteroatoms. The van der Waals surface area contributed by atoms with Crippen LogP contribution in [-0.4, -0.2) is 17.1 Å². The van der Waals surface area contributed by atoms with Crippen molar-refractivity contribution in [2.24, 2.45) is 0 Å². The molecule has 0 aliphatic heterocycles. The molecule has 1 amide bonds. The van der Waals surface area contributed by atoms with Gasteiger partial charge in [-0.05, 0) is 42.8 Å². The standard InChI is InChI=1S/C23H27N3O4S/c1-4-13(5-2)24-23(30)14-9-7-10-16(20(14)27)26-19-18(21(28)22(19)29)25-15(6-3)17-11-8-12-31-17/h7-13,15,25-27H,4-6H2,1-3H3,(H,24,30)/t15-/m1/s1. The Morgan fingerprint density at radius 1 is 1.00 bits per heavy atom. The molecule has 1 heterocycles. The molecule has 0 unspecified atom stereocenters. The fourth-order valence-corrected chi connectivity index (χ4v) is 4.27. The van der Waals surface area contributed by atoms with E-state index in [1.165, 1.54) is 6.07 Å². The number of benzene rings is 1. The maximum absolute atomic E-state index is 12.6. The predicted molar refractivity (Wildman–Crippen MR) is 126 cm³/mol. The molecule has 3 rings (SSSR count). The molecule has 164 valence electrons. The lowest BCUT2D eigenvalue weighted by molar-refractivity contribution is 0.0932. The molecule has 4 N–H and O–H groups in total. The molecule has 0 saturated heterocycles. The van der Waals surface area contributed by atoms with Crippen LogP contribution in [0.5, 0.6) is 5.75 Å². The second-order valence-electron chi connectivity index (χ2n) is 7.34. The number of hydrogen-bond donors (Lipinski definition) is 4. The first-order valence-electron chi connectivity index (χ1n) is 10.4. The van der Waals surface area contributed by atoms with Gasteiger partial charge in [-0.15, -0.1) is 11.3 Å². The van der Waals surface area contributed by atoms with Crippen LogP contribution in [0.4, 0.5) is 17.1 Å². The van der Waals surface area contributed by atoms with Crippen LogP contribution in [0.1, 0.15) is 61.3 Å². The lowest BCUT2D eigenvalue weighted by Gasteiger charge is -2.21. The second kappa shape index (κ2) is 9.78. The third-order valence-electron chi connectivity index (χ3n) is 5.38. The Kier molecular flexibility index (Phi) is 7.12. The Balaban J connectivity index is 1.84. The van der Waals surface area contributed by atoms with Gasteiger partial charge in [0.25, 0.3) is 16.8 Å². The molecule has 31 heavy (non-hydrogen) atoms. The van der Waals surface area contributed by atoms with Crippen molar-refractivity contribution in [2.75, 3.05) is 10.6 Å². The highest BCUT2D eigenvalue weighted by Gasteiger charge is 2.25. The zero-order chi connectivity index (χ0) is 22.5. The average molecular weight is 442 g/mol. The Bertz CT molecular complexity index is 1110. The summed E-state index contributed by atoms with van der Waals surface area (Å²) in [4.78, 5) is 38.0.